The van der Waals surface area contributed by atoms with Crippen molar-refractivity contribution in [2.45, 2.75) is 45.1 Å². The van der Waals surface area contributed by atoms with Gasteiger partial charge in [0.2, 0.25) is 0 Å². The van der Waals surface area contributed by atoms with Crippen molar-refractivity contribution in [1.82, 2.24) is 14.4 Å². The number of nitrogens with zero attached hydrogens (tertiary/aromatic N) is 3. The van der Waals surface area contributed by atoms with E-state index in [-0.39, 0.29) is 5.92 Å². The molecule has 1 saturated carbocycles. The highest BCUT2D eigenvalue weighted by molar-refractivity contribution is 5.72. The van der Waals surface area contributed by atoms with Crippen LogP contribution >= 0.6 is 0 Å². The van der Waals surface area contributed by atoms with Crippen LogP contribution in [-0.2, 0) is 0 Å². The first-order chi connectivity index (χ1) is 12.8. The van der Waals surface area contributed by atoms with Gasteiger partial charge in [0, 0.05) is 30.3 Å². The second kappa shape index (κ2) is 6.37. The Morgan fingerprint density at radius 3 is 2.63 bits per heavy atom. The molecule has 146 valence electrons. The number of hydrogen-bond donors (Lipinski definition) is 2. The third-order valence-electron chi connectivity index (χ3n) is 6.23. The normalized spacial score (nSPS) is 21.2. The molecule has 0 radical (unpaired) electrons. The van der Waals surface area contributed by atoms with Crippen LogP contribution in [0.25, 0.3) is 5.52 Å². The summed E-state index contributed by atoms with van der Waals surface area (Å²) in [4.78, 5) is 27.2. The lowest BCUT2D eigenvalue weighted by atomic mass is 10.0. The summed E-state index contributed by atoms with van der Waals surface area (Å²) < 4.78 is 16.9. The average molecular weight is 375 g/mol. The minimum Gasteiger partial charge on any atom is -0.368 e. The predicted octanol–water partition coefficient (Wildman–Crippen LogP) is 0.934. The summed E-state index contributed by atoms with van der Waals surface area (Å²) in [7, 11) is 1.93. The van der Waals surface area contributed by atoms with Gasteiger partial charge in [-0.25, -0.2) is 9.18 Å². The maximum Gasteiger partial charge on any atom is 0.354 e. The van der Waals surface area contributed by atoms with Gasteiger partial charge in [0.25, 0.3) is 5.56 Å². The van der Waals surface area contributed by atoms with E-state index in [0.717, 1.165) is 32.4 Å². The van der Waals surface area contributed by atoms with Crippen LogP contribution in [0.5, 0.6) is 0 Å². The van der Waals surface area contributed by atoms with Crippen molar-refractivity contribution in [2.75, 3.05) is 30.9 Å². The van der Waals surface area contributed by atoms with Gasteiger partial charge in [0.15, 0.2) is 5.82 Å². The number of hydrogen-bond acceptors (Lipinski definition) is 5. The van der Waals surface area contributed by atoms with E-state index in [4.69, 9.17) is 5.84 Å². The van der Waals surface area contributed by atoms with Crippen LogP contribution in [0.1, 0.15) is 43.2 Å². The molecular formula is C19H26FN5O2. The van der Waals surface area contributed by atoms with Gasteiger partial charge in [0.05, 0.1) is 17.4 Å². The van der Waals surface area contributed by atoms with Crippen molar-refractivity contribution in [3.63, 3.8) is 0 Å². The zero-order valence-corrected chi connectivity index (χ0v) is 16.0. The number of nitrogen functional groups attached to an aromatic ring is 1. The SMILES string of the molecule is CN[C@@H](C)[C@@H]1CCN(c2c(F)cn3c(=O)n(N)c(=O)c(C4CC4)c3c2C)C1. The molecule has 27 heavy (non-hydrogen) atoms. The van der Waals surface area contributed by atoms with Crippen molar-refractivity contribution in [2.24, 2.45) is 5.92 Å². The Balaban J connectivity index is 1.91. The smallest absolute Gasteiger partial charge is 0.354 e. The van der Waals surface area contributed by atoms with Gasteiger partial charge in [0.1, 0.15) is 0 Å². The Morgan fingerprint density at radius 1 is 1.30 bits per heavy atom. The first-order valence-electron chi connectivity index (χ1n) is 9.52. The highest BCUT2D eigenvalue weighted by atomic mass is 19.1. The molecule has 0 aromatic carbocycles. The molecule has 0 spiro atoms. The number of fused-ring (bicyclic) bond motifs is 1. The summed E-state index contributed by atoms with van der Waals surface area (Å²) in [6, 6.07) is 0.341. The standard InChI is InChI=1S/C19H26FN5O2/c1-10-16(23-7-6-13(8-23)11(2)22-3)14(20)9-24-17(10)15(12-4-5-12)18(26)25(21)19(24)27/h9,11-13,22H,4-8,21H2,1-3H3/t11-,13+/m0/s1. The monoisotopic (exact) mass is 375 g/mol. The number of aromatic nitrogens is 2. The second-order valence-corrected chi connectivity index (χ2v) is 7.89. The lowest BCUT2D eigenvalue weighted by Gasteiger charge is -2.25. The maximum absolute atomic E-state index is 15.1. The van der Waals surface area contributed by atoms with E-state index in [2.05, 4.69) is 12.2 Å². The molecule has 7 nitrogen and oxygen atoms in total. The van der Waals surface area contributed by atoms with Gasteiger partial charge >= 0.3 is 5.69 Å². The Labute approximate surface area is 156 Å². The van der Waals surface area contributed by atoms with Gasteiger partial charge in [-0.3, -0.25) is 9.20 Å². The number of aryl methyl sites for hydroxylation is 1. The fourth-order valence-corrected chi connectivity index (χ4v) is 4.39. The van der Waals surface area contributed by atoms with Gasteiger partial charge in [-0.1, -0.05) is 0 Å². The van der Waals surface area contributed by atoms with Crippen molar-refractivity contribution in [3.8, 4) is 0 Å². The molecule has 0 bridgehead atoms. The number of halogens is 1. The topological polar surface area (TPSA) is 84.8 Å². The molecule has 8 heteroatoms. The number of nitrogens with two attached hydrogens (primary N) is 1. The van der Waals surface area contributed by atoms with Crippen LogP contribution in [0, 0.1) is 18.7 Å². The summed E-state index contributed by atoms with van der Waals surface area (Å²) >= 11 is 0. The van der Waals surface area contributed by atoms with Gasteiger partial charge in [-0.2, -0.15) is 4.68 Å². The molecular weight excluding hydrogens is 349 g/mol. The predicted molar refractivity (Wildman–Crippen MR) is 104 cm³/mol. The molecule has 2 aliphatic rings. The van der Waals surface area contributed by atoms with Crippen LogP contribution in [0.2, 0.25) is 0 Å². The van der Waals surface area contributed by atoms with Crippen LogP contribution in [-0.4, -0.2) is 35.3 Å². The Hall–Kier alpha value is -2.35. The Morgan fingerprint density at radius 2 is 2.00 bits per heavy atom. The molecule has 2 aromatic rings. The second-order valence-electron chi connectivity index (χ2n) is 7.89. The summed E-state index contributed by atoms with van der Waals surface area (Å²) in [6.07, 6.45) is 3.93. The van der Waals surface area contributed by atoms with Gasteiger partial charge in [-0.15, -0.1) is 0 Å². The number of pyridine rings is 1. The van der Waals surface area contributed by atoms with E-state index in [0.29, 0.717) is 39.0 Å². The van der Waals surface area contributed by atoms with Crippen LogP contribution in [0.3, 0.4) is 0 Å². The lowest BCUT2D eigenvalue weighted by molar-refractivity contribution is 0.428. The third-order valence-corrected chi connectivity index (χ3v) is 6.23. The highest BCUT2D eigenvalue weighted by Crippen LogP contribution is 2.42. The summed E-state index contributed by atoms with van der Waals surface area (Å²) in [5.41, 5.74) is 1.02. The van der Waals surface area contributed by atoms with Crippen LogP contribution in [0.15, 0.2) is 15.8 Å². The zero-order valence-electron chi connectivity index (χ0n) is 16.0. The minimum atomic E-state index is -0.712. The summed E-state index contributed by atoms with van der Waals surface area (Å²) in [6.45, 7) is 5.43. The molecule has 3 N–H and O–H groups in total. The number of nitrogens with one attached hydrogen (secondary N) is 1. The molecule has 2 fully saturated rings. The van der Waals surface area contributed by atoms with Crippen molar-refractivity contribution < 1.29 is 4.39 Å². The minimum absolute atomic E-state index is 0.0931. The van der Waals surface area contributed by atoms with Crippen molar-refractivity contribution in [3.05, 3.63) is 44.0 Å². The quantitative estimate of drug-likeness (QED) is 0.777. The van der Waals surface area contributed by atoms with Crippen LogP contribution in [0.4, 0.5) is 10.1 Å². The van der Waals surface area contributed by atoms with Crippen molar-refractivity contribution in [1.29, 1.82) is 0 Å². The maximum atomic E-state index is 15.1. The van der Waals surface area contributed by atoms with Crippen LogP contribution < -0.4 is 27.3 Å². The number of rotatable bonds is 4. The van der Waals surface area contributed by atoms with E-state index in [1.165, 1.54) is 10.6 Å². The largest absolute Gasteiger partial charge is 0.368 e. The van der Waals surface area contributed by atoms with E-state index in [1.807, 2.05) is 11.9 Å². The average Bonchev–Trinajstić information content (AvgIpc) is 3.37. The molecule has 2 atom stereocenters. The zero-order chi connectivity index (χ0) is 19.5. The van der Waals surface area contributed by atoms with E-state index in [1.54, 1.807) is 6.92 Å². The third kappa shape index (κ3) is 2.74. The lowest BCUT2D eigenvalue weighted by Crippen LogP contribution is -2.44. The molecule has 0 unspecified atom stereocenters. The molecule has 1 saturated heterocycles. The van der Waals surface area contributed by atoms with Crippen molar-refractivity contribution >= 4 is 11.2 Å². The summed E-state index contributed by atoms with van der Waals surface area (Å²) in [5, 5.41) is 3.27. The molecule has 0 amide bonds. The molecule has 1 aliphatic carbocycles. The van der Waals surface area contributed by atoms with E-state index in [9.17, 15) is 9.59 Å². The first kappa shape index (κ1) is 18.0. The Bertz CT molecular complexity index is 1020. The fraction of sp³-hybridized carbons (Fsp3) is 0.579. The van der Waals surface area contributed by atoms with Gasteiger partial charge < -0.3 is 16.1 Å². The first-order valence-corrected chi connectivity index (χ1v) is 9.52. The van der Waals surface area contributed by atoms with Gasteiger partial charge in [-0.05, 0) is 52.0 Å². The fourth-order valence-electron chi connectivity index (χ4n) is 4.39. The molecule has 2 aromatic heterocycles. The van der Waals surface area contributed by atoms with E-state index < -0.39 is 17.1 Å². The molecule has 3 heterocycles. The number of anilines is 1. The summed E-state index contributed by atoms with van der Waals surface area (Å²) in [5.74, 6) is 5.73. The highest BCUT2D eigenvalue weighted by Gasteiger charge is 2.34. The molecule has 1 aliphatic heterocycles. The molecule has 4 rings (SSSR count). The Kier molecular flexibility index (Phi) is 4.25. The van der Waals surface area contributed by atoms with E-state index >= 15 is 4.39 Å².